The maximum Gasteiger partial charge on any atom is 0.232 e. The van der Waals surface area contributed by atoms with Crippen LogP contribution in [0.2, 0.25) is 0 Å². The van der Waals surface area contributed by atoms with Crippen molar-refractivity contribution in [3.8, 4) is 0 Å². The Labute approximate surface area is 151 Å². The first-order chi connectivity index (χ1) is 12.2. The van der Waals surface area contributed by atoms with Gasteiger partial charge in [0.25, 0.3) is 0 Å². The highest BCUT2D eigenvalue weighted by molar-refractivity contribution is 7.92. The molecule has 0 saturated carbocycles. The van der Waals surface area contributed by atoms with Crippen LogP contribution in [0.15, 0.2) is 42.5 Å². The van der Waals surface area contributed by atoms with Gasteiger partial charge in [-0.3, -0.25) is 9.10 Å². The minimum atomic E-state index is -3.72. The smallest absolute Gasteiger partial charge is 0.232 e. The van der Waals surface area contributed by atoms with Crippen molar-refractivity contribution in [3.63, 3.8) is 0 Å². The van der Waals surface area contributed by atoms with Crippen molar-refractivity contribution in [2.45, 2.75) is 13.3 Å². The molecule has 1 N–H and O–H groups in total. The first-order valence-corrected chi connectivity index (χ1v) is 9.76. The molecule has 0 aliphatic heterocycles. The Morgan fingerprint density at radius 1 is 1.08 bits per heavy atom. The van der Waals surface area contributed by atoms with Gasteiger partial charge in [-0.05, 0) is 24.6 Å². The number of nitrogens with one attached hydrogen (secondary N) is 1. The van der Waals surface area contributed by atoms with E-state index in [0.717, 1.165) is 33.8 Å². The third-order valence-corrected chi connectivity index (χ3v) is 4.91. The third kappa shape index (κ3) is 5.52. The van der Waals surface area contributed by atoms with Gasteiger partial charge in [0.05, 0.1) is 24.9 Å². The van der Waals surface area contributed by atoms with Crippen LogP contribution >= 0.6 is 0 Å². The Morgan fingerprint density at radius 2 is 1.73 bits per heavy atom. The fourth-order valence-electron chi connectivity index (χ4n) is 2.38. The van der Waals surface area contributed by atoms with E-state index in [1.165, 1.54) is 6.07 Å². The lowest BCUT2D eigenvalue weighted by Crippen LogP contribution is -2.38. The summed E-state index contributed by atoms with van der Waals surface area (Å²) in [6.07, 6.45) is 1.13. The predicted molar refractivity (Wildman–Crippen MR) is 96.4 cm³/mol. The number of carbonyl (C=O) groups excluding carboxylic acids is 1. The monoisotopic (exact) mass is 382 g/mol. The lowest BCUT2D eigenvalue weighted by atomic mass is 10.1. The van der Waals surface area contributed by atoms with Crippen molar-refractivity contribution >= 4 is 21.6 Å². The summed E-state index contributed by atoms with van der Waals surface area (Å²) in [6.45, 7) is 1.89. The second kappa shape index (κ2) is 8.27. The van der Waals surface area contributed by atoms with E-state index < -0.39 is 21.7 Å². The molecular formula is C18H20F2N2O3S. The lowest BCUT2D eigenvalue weighted by Gasteiger charge is -2.22. The quantitative estimate of drug-likeness (QED) is 0.800. The van der Waals surface area contributed by atoms with Crippen LogP contribution in [0, 0.1) is 18.6 Å². The molecule has 1 amide bonds. The summed E-state index contributed by atoms with van der Waals surface area (Å²) < 4.78 is 51.2. The standard InChI is InChI=1S/C18H20F2N2O3S/c1-13-3-5-14(6-4-13)11-18(23)21-9-10-22(26(2,24)25)15-7-8-16(19)17(20)12-15/h3-8,12H,9-11H2,1-2H3,(H,21,23). The Kier molecular flexibility index (Phi) is 6.31. The van der Waals surface area contributed by atoms with Crippen LogP contribution in [0.4, 0.5) is 14.5 Å². The number of carbonyl (C=O) groups is 1. The van der Waals surface area contributed by atoms with Crippen molar-refractivity contribution in [1.82, 2.24) is 5.32 Å². The SMILES string of the molecule is Cc1ccc(CC(=O)NCCN(c2ccc(F)c(F)c2)S(C)(=O)=O)cc1. The van der Waals surface area contributed by atoms with Gasteiger partial charge in [-0.2, -0.15) is 0 Å². The molecule has 2 aromatic carbocycles. The molecule has 8 heteroatoms. The number of sulfonamides is 1. The van der Waals surface area contributed by atoms with Gasteiger partial charge < -0.3 is 5.32 Å². The number of benzene rings is 2. The van der Waals surface area contributed by atoms with Crippen molar-refractivity contribution in [1.29, 1.82) is 0 Å². The average Bonchev–Trinajstić information content (AvgIpc) is 2.55. The van der Waals surface area contributed by atoms with Gasteiger partial charge in [0.15, 0.2) is 11.6 Å². The van der Waals surface area contributed by atoms with Gasteiger partial charge in [-0.15, -0.1) is 0 Å². The maximum atomic E-state index is 13.4. The second-order valence-electron chi connectivity index (χ2n) is 5.95. The van der Waals surface area contributed by atoms with Crippen LogP contribution < -0.4 is 9.62 Å². The van der Waals surface area contributed by atoms with Crippen molar-refractivity contribution in [2.24, 2.45) is 0 Å². The van der Waals surface area contributed by atoms with E-state index in [2.05, 4.69) is 5.32 Å². The molecule has 140 valence electrons. The zero-order valence-corrected chi connectivity index (χ0v) is 15.3. The summed E-state index contributed by atoms with van der Waals surface area (Å²) in [4.78, 5) is 12.0. The van der Waals surface area contributed by atoms with Crippen LogP contribution in [0.1, 0.15) is 11.1 Å². The predicted octanol–water partition coefficient (Wildman–Crippen LogP) is 2.40. The Bertz CT molecular complexity index is 884. The van der Waals surface area contributed by atoms with E-state index in [1.54, 1.807) is 0 Å². The summed E-state index contributed by atoms with van der Waals surface area (Å²) in [5, 5.41) is 2.63. The topological polar surface area (TPSA) is 66.5 Å². The number of rotatable bonds is 7. The lowest BCUT2D eigenvalue weighted by molar-refractivity contribution is -0.120. The fraction of sp³-hybridized carbons (Fsp3) is 0.278. The molecule has 2 aromatic rings. The molecule has 0 aliphatic carbocycles. The molecule has 0 atom stereocenters. The van der Waals surface area contributed by atoms with E-state index in [0.29, 0.717) is 0 Å². The normalized spacial score (nSPS) is 11.2. The molecule has 0 aromatic heterocycles. The van der Waals surface area contributed by atoms with Gasteiger partial charge >= 0.3 is 0 Å². The third-order valence-electron chi connectivity index (χ3n) is 3.71. The van der Waals surface area contributed by atoms with E-state index in [4.69, 9.17) is 0 Å². The zero-order chi connectivity index (χ0) is 19.3. The minimum Gasteiger partial charge on any atom is -0.354 e. The van der Waals surface area contributed by atoms with Gasteiger partial charge in [-0.1, -0.05) is 29.8 Å². The van der Waals surface area contributed by atoms with E-state index >= 15 is 0 Å². The number of halogens is 2. The van der Waals surface area contributed by atoms with E-state index in [-0.39, 0.29) is 31.1 Å². The second-order valence-corrected chi connectivity index (χ2v) is 7.85. The number of nitrogens with zero attached hydrogens (tertiary/aromatic N) is 1. The van der Waals surface area contributed by atoms with Crippen molar-refractivity contribution in [2.75, 3.05) is 23.7 Å². The van der Waals surface area contributed by atoms with Crippen molar-refractivity contribution < 1.29 is 22.0 Å². The number of amides is 1. The fourth-order valence-corrected chi connectivity index (χ4v) is 3.30. The highest BCUT2D eigenvalue weighted by Gasteiger charge is 2.19. The average molecular weight is 382 g/mol. The summed E-state index contributed by atoms with van der Waals surface area (Å²) in [7, 11) is -3.72. The summed E-state index contributed by atoms with van der Waals surface area (Å²) in [5.41, 5.74) is 1.93. The molecular weight excluding hydrogens is 362 g/mol. The Balaban J connectivity index is 1.98. The molecule has 0 aliphatic rings. The molecule has 0 saturated heterocycles. The number of hydrogen-bond acceptors (Lipinski definition) is 3. The largest absolute Gasteiger partial charge is 0.354 e. The van der Waals surface area contributed by atoms with E-state index in [9.17, 15) is 22.0 Å². The number of aryl methyl sites for hydroxylation is 1. The molecule has 0 bridgehead atoms. The van der Waals surface area contributed by atoms with Gasteiger partial charge in [-0.25, -0.2) is 17.2 Å². The number of hydrogen-bond donors (Lipinski definition) is 1. The molecule has 0 fully saturated rings. The highest BCUT2D eigenvalue weighted by Crippen LogP contribution is 2.20. The zero-order valence-electron chi connectivity index (χ0n) is 14.5. The maximum absolute atomic E-state index is 13.4. The van der Waals surface area contributed by atoms with Crippen LogP contribution in [0.25, 0.3) is 0 Å². The van der Waals surface area contributed by atoms with Gasteiger partial charge in [0.1, 0.15) is 0 Å². The first kappa shape index (κ1) is 19.8. The Hall–Kier alpha value is -2.48. The molecule has 0 spiro atoms. The first-order valence-electron chi connectivity index (χ1n) is 7.92. The van der Waals surface area contributed by atoms with Gasteiger partial charge in [0, 0.05) is 12.6 Å². The molecule has 0 radical (unpaired) electrons. The summed E-state index contributed by atoms with van der Waals surface area (Å²) in [6, 6.07) is 10.3. The van der Waals surface area contributed by atoms with Crippen molar-refractivity contribution in [3.05, 3.63) is 65.2 Å². The molecule has 26 heavy (non-hydrogen) atoms. The van der Waals surface area contributed by atoms with Crippen LogP contribution in [0.3, 0.4) is 0 Å². The molecule has 0 heterocycles. The molecule has 2 rings (SSSR count). The summed E-state index contributed by atoms with van der Waals surface area (Å²) >= 11 is 0. The van der Waals surface area contributed by atoms with Crippen LogP contribution in [-0.4, -0.2) is 33.7 Å². The Morgan fingerprint density at radius 3 is 2.31 bits per heavy atom. The van der Waals surface area contributed by atoms with Crippen LogP contribution in [-0.2, 0) is 21.2 Å². The van der Waals surface area contributed by atoms with Crippen LogP contribution in [0.5, 0.6) is 0 Å². The van der Waals surface area contributed by atoms with E-state index in [1.807, 2.05) is 31.2 Å². The molecule has 0 unspecified atom stereocenters. The molecule has 5 nitrogen and oxygen atoms in total. The summed E-state index contributed by atoms with van der Waals surface area (Å²) in [5.74, 6) is -2.46. The van der Waals surface area contributed by atoms with Gasteiger partial charge in [0.2, 0.25) is 15.9 Å². The highest BCUT2D eigenvalue weighted by atomic mass is 32.2. The minimum absolute atomic E-state index is 0.000756. The number of anilines is 1.